The molecule has 1 amide bonds. The number of carboxylic acids is 1. The normalized spacial score (nSPS) is 35.7. The van der Waals surface area contributed by atoms with E-state index in [1.807, 2.05) is 0 Å². The van der Waals surface area contributed by atoms with Crippen LogP contribution in [0, 0.1) is 11.3 Å². The van der Waals surface area contributed by atoms with Crippen LogP contribution in [0.1, 0.15) is 51.4 Å². The zero-order chi connectivity index (χ0) is 14.9. The average Bonchev–Trinajstić information content (AvgIpc) is 3.03. The standard InChI is InChI=1S/C16H25NO4/c18-14(7-6-13-5-1-2-9-21-13)17-10-12-4-3-8-16(12,11-17)15(19)20/h12-13H,1-11H2,(H,19,20)/t12-,13?,16+/m0/s1. The molecule has 2 saturated heterocycles. The molecule has 0 aromatic carbocycles. The molecule has 5 heteroatoms. The van der Waals surface area contributed by atoms with Gasteiger partial charge in [0.05, 0.1) is 11.5 Å². The Labute approximate surface area is 125 Å². The molecule has 0 radical (unpaired) electrons. The minimum atomic E-state index is -0.712. The van der Waals surface area contributed by atoms with Crippen molar-refractivity contribution < 1.29 is 19.4 Å². The van der Waals surface area contributed by atoms with Crippen molar-refractivity contribution >= 4 is 11.9 Å². The van der Waals surface area contributed by atoms with Crippen LogP contribution in [0.2, 0.25) is 0 Å². The first-order chi connectivity index (χ1) is 10.1. The number of aliphatic carboxylic acids is 1. The lowest BCUT2D eigenvalue weighted by atomic mass is 9.81. The number of nitrogens with zero attached hydrogens (tertiary/aromatic N) is 1. The second-order valence-electron chi connectivity index (χ2n) is 6.85. The first kappa shape index (κ1) is 14.8. The van der Waals surface area contributed by atoms with Gasteiger partial charge in [0.25, 0.3) is 0 Å². The largest absolute Gasteiger partial charge is 0.481 e. The number of ether oxygens (including phenoxy) is 1. The lowest BCUT2D eigenvalue weighted by Crippen LogP contribution is -2.37. The van der Waals surface area contributed by atoms with Crippen molar-refractivity contribution in [1.29, 1.82) is 0 Å². The summed E-state index contributed by atoms with van der Waals surface area (Å²) in [4.78, 5) is 25.8. The van der Waals surface area contributed by atoms with Gasteiger partial charge in [-0.2, -0.15) is 0 Å². The highest BCUT2D eigenvalue weighted by molar-refractivity contribution is 5.81. The Bertz CT molecular complexity index is 419. The van der Waals surface area contributed by atoms with Gasteiger partial charge in [-0.25, -0.2) is 0 Å². The molecule has 0 aromatic rings. The Hall–Kier alpha value is -1.10. The van der Waals surface area contributed by atoms with Crippen molar-refractivity contribution in [2.24, 2.45) is 11.3 Å². The van der Waals surface area contributed by atoms with E-state index in [1.165, 1.54) is 6.42 Å². The number of hydrogen-bond donors (Lipinski definition) is 1. The summed E-state index contributed by atoms with van der Waals surface area (Å²) >= 11 is 0. The topological polar surface area (TPSA) is 66.8 Å². The fourth-order valence-corrected chi connectivity index (χ4v) is 4.31. The Balaban J connectivity index is 1.53. The molecule has 3 aliphatic rings. The molecule has 1 saturated carbocycles. The lowest BCUT2D eigenvalue weighted by Gasteiger charge is -2.25. The predicted molar refractivity (Wildman–Crippen MR) is 76.8 cm³/mol. The maximum atomic E-state index is 12.4. The number of fused-ring (bicyclic) bond motifs is 1. The van der Waals surface area contributed by atoms with Crippen LogP contribution in [0.4, 0.5) is 0 Å². The summed E-state index contributed by atoms with van der Waals surface area (Å²) in [5, 5.41) is 9.55. The van der Waals surface area contributed by atoms with Crippen LogP contribution in [-0.2, 0) is 14.3 Å². The molecule has 1 aliphatic carbocycles. The molecular weight excluding hydrogens is 270 g/mol. The van der Waals surface area contributed by atoms with Crippen molar-refractivity contribution in [3.63, 3.8) is 0 Å². The van der Waals surface area contributed by atoms with Crippen LogP contribution in [0.5, 0.6) is 0 Å². The average molecular weight is 295 g/mol. The first-order valence-corrected chi connectivity index (χ1v) is 8.24. The molecule has 1 N–H and O–H groups in total. The molecule has 21 heavy (non-hydrogen) atoms. The summed E-state index contributed by atoms with van der Waals surface area (Å²) in [7, 11) is 0. The van der Waals surface area contributed by atoms with Gasteiger partial charge in [0, 0.05) is 26.1 Å². The zero-order valence-electron chi connectivity index (χ0n) is 12.6. The second-order valence-corrected chi connectivity index (χ2v) is 6.85. The van der Waals surface area contributed by atoms with Gasteiger partial charge in [-0.3, -0.25) is 9.59 Å². The highest BCUT2D eigenvalue weighted by Crippen LogP contribution is 2.49. The fraction of sp³-hybridized carbons (Fsp3) is 0.875. The SMILES string of the molecule is O=C(CCC1CCCCO1)N1C[C@@H]2CCC[C@@]2(C(=O)O)C1. The minimum absolute atomic E-state index is 0.110. The molecule has 2 aliphatic heterocycles. The Kier molecular flexibility index (Phi) is 4.20. The van der Waals surface area contributed by atoms with Gasteiger partial charge in [0.15, 0.2) is 0 Å². The van der Waals surface area contributed by atoms with Gasteiger partial charge in [-0.1, -0.05) is 6.42 Å². The van der Waals surface area contributed by atoms with Crippen LogP contribution in [0.3, 0.4) is 0 Å². The third-order valence-corrected chi connectivity index (χ3v) is 5.60. The number of amides is 1. The van der Waals surface area contributed by atoms with E-state index in [1.54, 1.807) is 4.90 Å². The van der Waals surface area contributed by atoms with Crippen LogP contribution in [-0.4, -0.2) is 47.7 Å². The number of rotatable bonds is 4. The van der Waals surface area contributed by atoms with Crippen LogP contribution in [0.25, 0.3) is 0 Å². The molecule has 3 fully saturated rings. The number of hydrogen-bond acceptors (Lipinski definition) is 3. The van der Waals surface area contributed by atoms with E-state index in [-0.39, 0.29) is 17.9 Å². The van der Waals surface area contributed by atoms with Crippen molar-refractivity contribution in [1.82, 2.24) is 4.90 Å². The van der Waals surface area contributed by atoms with Gasteiger partial charge < -0.3 is 14.7 Å². The Morgan fingerprint density at radius 1 is 1.24 bits per heavy atom. The van der Waals surface area contributed by atoms with E-state index in [9.17, 15) is 14.7 Å². The molecule has 0 spiro atoms. The van der Waals surface area contributed by atoms with Gasteiger partial charge in [0.1, 0.15) is 0 Å². The van der Waals surface area contributed by atoms with E-state index in [2.05, 4.69) is 0 Å². The van der Waals surface area contributed by atoms with Crippen molar-refractivity contribution in [2.45, 2.75) is 57.5 Å². The maximum absolute atomic E-state index is 12.4. The summed E-state index contributed by atoms with van der Waals surface area (Å²) in [6, 6.07) is 0. The van der Waals surface area contributed by atoms with Crippen LogP contribution >= 0.6 is 0 Å². The number of likely N-dealkylation sites (tertiary alicyclic amines) is 1. The summed E-state index contributed by atoms with van der Waals surface area (Å²) in [5.41, 5.74) is -0.656. The molecule has 0 aromatic heterocycles. The quantitative estimate of drug-likeness (QED) is 0.862. The lowest BCUT2D eigenvalue weighted by molar-refractivity contribution is -0.149. The number of carboxylic acid groups (broad SMARTS) is 1. The fourth-order valence-electron chi connectivity index (χ4n) is 4.31. The van der Waals surface area contributed by atoms with Gasteiger partial charge in [-0.15, -0.1) is 0 Å². The number of carbonyl (C=O) groups excluding carboxylic acids is 1. The smallest absolute Gasteiger partial charge is 0.311 e. The first-order valence-electron chi connectivity index (χ1n) is 8.24. The summed E-state index contributed by atoms with van der Waals surface area (Å²) < 4.78 is 5.66. The monoisotopic (exact) mass is 295 g/mol. The molecule has 3 rings (SSSR count). The van der Waals surface area contributed by atoms with Crippen molar-refractivity contribution in [3.05, 3.63) is 0 Å². The van der Waals surface area contributed by atoms with E-state index in [4.69, 9.17) is 4.74 Å². The highest BCUT2D eigenvalue weighted by Gasteiger charge is 2.55. The molecular formula is C16H25NO4. The van der Waals surface area contributed by atoms with Crippen molar-refractivity contribution in [2.75, 3.05) is 19.7 Å². The summed E-state index contributed by atoms with van der Waals surface area (Å²) in [6.07, 6.45) is 7.51. The maximum Gasteiger partial charge on any atom is 0.311 e. The van der Waals surface area contributed by atoms with E-state index < -0.39 is 11.4 Å². The van der Waals surface area contributed by atoms with E-state index in [0.29, 0.717) is 19.5 Å². The summed E-state index contributed by atoms with van der Waals surface area (Å²) in [6.45, 7) is 1.86. The molecule has 3 atom stereocenters. The Morgan fingerprint density at radius 3 is 2.76 bits per heavy atom. The molecule has 0 bridgehead atoms. The third kappa shape index (κ3) is 2.80. The van der Waals surface area contributed by atoms with Crippen molar-refractivity contribution in [3.8, 4) is 0 Å². The minimum Gasteiger partial charge on any atom is -0.481 e. The molecule has 5 nitrogen and oxygen atoms in total. The van der Waals surface area contributed by atoms with Gasteiger partial charge in [-0.05, 0) is 44.4 Å². The second kappa shape index (κ2) is 5.95. The zero-order valence-corrected chi connectivity index (χ0v) is 12.6. The highest BCUT2D eigenvalue weighted by atomic mass is 16.5. The van der Waals surface area contributed by atoms with E-state index in [0.717, 1.165) is 45.1 Å². The van der Waals surface area contributed by atoms with E-state index >= 15 is 0 Å². The Morgan fingerprint density at radius 2 is 2.10 bits per heavy atom. The molecule has 1 unspecified atom stereocenters. The molecule has 2 heterocycles. The van der Waals surface area contributed by atoms with Crippen LogP contribution in [0.15, 0.2) is 0 Å². The third-order valence-electron chi connectivity index (χ3n) is 5.60. The number of carbonyl (C=O) groups is 2. The molecule has 118 valence electrons. The summed E-state index contributed by atoms with van der Waals surface area (Å²) in [5.74, 6) is -0.444. The van der Waals surface area contributed by atoms with Crippen LogP contribution < -0.4 is 0 Å². The van der Waals surface area contributed by atoms with Gasteiger partial charge >= 0.3 is 5.97 Å². The predicted octanol–water partition coefficient (Wildman–Crippen LogP) is 2.05. The van der Waals surface area contributed by atoms with Gasteiger partial charge in [0.2, 0.25) is 5.91 Å².